The van der Waals surface area contributed by atoms with Crippen LogP contribution in [0, 0.1) is 0 Å². The summed E-state index contributed by atoms with van der Waals surface area (Å²) in [6, 6.07) is 7.43. The van der Waals surface area contributed by atoms with Crippen LogP contribution in [0.25, 0.3) is 11.2 Å². The topological polar surface area (TPSA) is 71.9 Å². The highest BCUT2D eigenvalue weighted by Crippen LogP contribution is 2.22. The molecule has 0 aliphatic carbocycles. The molecule has 0 saturated carbocycles. The normalized spacial score (nSPS) is 13.9. The highest BCUT2D eigenvalue weighted by atomic mass is 16.3. The number of amides is 1. The fourth-order valence-corrected chi connectivity index (χ4v) is 2.66. The van der Waals surface area contributed by atoms with Crippen LogP contribution in [-0.2, 0) is 6.54 Å². The lowest BCUT2D eigenvalue weighted by molar-refractivity contribution is 0.0922. The second-order valence-corrected chi connectivity index (χ2v) is 5.57. The molecule has 1 N–H and O–H groups in total. The number of carbonyl (C=O) groups is 1. The second-order valence-electron chi connectivity index (χ2n) is 5.57. The van der Waals surface area contributed by atoms with Gasteiger partial charge < -0.3 is 14.1 Å². The van der Waals surface area contributed by atoms with Gasteiger partial charge in [-0.15, -0.1) is 0 Å². The van der Waals surface area contributed by atoms with Crippen LogP contribution in [0.3, 0.4) is 0 Å². The Hall–Kier alpha value is -3.15. The van der Waals surface area contributed by atoms with Crippen LogP contribution in [0.4, 0.5) is 0 Å². The van der Waals surface area contributed by atoms with Gasteiger partial charge in [0.05, 0.1) is 0 Å². The molecular weight excluding hydrogens is 304 g/mol. The van der Waals surface area contributed by atoms with Gasteiger partial charge in [0.2, 0.25) is 0 Å². The number of hydrogen-bond donors (Lipinski definition) is 1. The molecule has 0 bridgehead atoms. The van der Waals surface area contributed by atoms with Crippen molar-refractivity contribution in [2.75, 3.05) is 6.54 Å². The van der Waals surface area contributed by atoms with Crippen LogP contribution < -0.4 is 5.32 Å². The zero-order valence-electron chi connectivity index (χ0n) is 13.0. The van der Waals surface area contributed by atoms with E-state index in [1.165, 1.54) is 0 Å². The van der Waals surface area contributed by atoms with E-state index < -0.39 is 0 Å². The quantitative estimate of drug-likeness (QED) is 0.803. The number of imidazole rings is 1. The van der Waals surface area contributed by atoms with E-state index in [2.05, 4.69) is 15.3 Å². The maximum Gasteiger partial charge on any atom is 0.287 e. The van der Waals surface area contributed by atoms with Crippen molar-refractivity contribution in [3.05, 3.63) is 66.0 Å². The highest BCUT2D eigenvalue weighted by molar-refractivity contribution is 5.92. The first-order chi connectivity index (χ1) is 11.8. The Morgan fingerprint density at radius 3 is 3.12 bits per heavy atom. The summed E-state index contributed by atoms with van der Waals surface area (Å²) >= 11 is 0. The predicted molar refractivity (Wildman–Crippen MR) is 91.0 cm³/mol. The number of dihydropyridines is 1. The maximum atomic E-state index is 12.3. The Labute approximate surface area is 138 Å². The number of furan rings is 1. The van der Waals surface area contributed by atoms with Gasteiger partial charge in [-0.3, -0.25) is 9.79 Å². The highest BCUT2D eigenvalue weighted by Gasteiger charge is 2.14. The molecule has 6 heteroatoms. The maximum absolute atomic E-state index is 12.3. The van der Waals surface area contributed by atoms with Gasteiger partial charge in [0.25, 0.3) is 5.91 Å². The van der Waals surface area contributed by atoms with E-state index in [1.807, 2.05) is 41.1 Å². The molecule has 4 rings (SSSR count). The lowest BCUT2D eigenvalue weighted by Crippen LogP contribution is -2.22. The van der Waals surface area contributed by atoms with Crippen LogP contribution in [0.1, 0.15) is 28.3 Å². The van der Waals surface area contributed by atoms with Crippen LogP contribution in [0.15, 0.2) is 58.3 Å². The Balaban J connectivity index is 1.43. The number of aliphatic imine (C=N–C) groups is 1. The molecule has 120 valence electrons. The molecule has 0 atom stereocenters. The zero-order chi connectivity index (χ0) is 16.4. The first-order valence-corrected chi connectivity index (χ1v) is 7.78. The number of rotatable bonds is 4. The number of allylic oxidation sites excluding steroid dienone is 1. The fraction of sp³-hybridized carbons (Fsp3) is 0.167. The minimum absolute atomic E-state index is 0.227. The third-order valence-electron chi connectivity index (χ3n) is 3.95. The van der Waals surface area contributed by atoms with Crippen molar-refractivity contribution in [3.8, 4) is 0 Å². The summed E-state index contributed by atoms with van der Waals surface area (Å²) in [6.07, 6.45) is 10.1. The molecule has 3 aromatic rings. The van der Waals surface area contributed by atoms with E-state index in [0.29, 0.717) is 12.3 Å². The van der Waals surface area contributed by atoms with Crippen LogP contribution >= 0.6 is 0 Å². The summed E-state index contributed by atoms with van der Waals surface area (Å²) in [5.41, 5.74) is 2.90. The monoisotopic (exact) mass is 320 g/mol. The first-order valence-electron chi connectivity index (χ1n) is 7.78. The molecule has 3 aromatic heterocycles. The minimum atomic E-state index is -0.227. The molecular formula is C18H16N4O2. The summed E-state index contributed by atoms with van der Waals surface area (Å²) < 4.78 is 7.59. The summed E-state index contributed by atoms with van der Waals surface area (Å²) in [4.78, 5) is 20.6. The molecule has 24 heavy (non-hydrogen) atoms. The van der Waals surface area contributed by atoms with E-state index in [9.17, 15) is 4.79 Å². The van der Waals surface area contributed by atoms with Crippen LogP contribution in [0.2, 0.25) is 0 Å². The van der Waals surface area contributed by atoms with Crippen molar-refractivity contribution in [2.24, 2.45) is 4.99 Å². The molecule has 1 aliphatic heterocycles. The minimum Gasteiger partial charge on any atom is -0.451 e. The van der Waals surface area contributed by atoms with Gasteiger partial charge in [-0.05, 0) is 47.9 Å². The molecule has 0 aromatic carbocycles. The van der Waals surface area contributed by atoms with Crippen molar-refractivity contribution in [2.45, 2.75) is 13.0 Å². The van der Waals surface area contributed by atoms with Gasteiger partial charge >= 0.3 is 0 Å². The van der Waals surface area contributed by atoms with E-state index >= 15 is 0 Å². The molecule has 0 fully saturated rings. The Bertz CT molecular complexity index is 949. The first kappa shape index (κ1) is 14.4. The Morgan fingerprint density at radius 2 is 2.25 bits per heavy atom. The van der Waals surface area contributed by atoms with E-state index in [0.717, 1.165) is 35.5 Å². The van der Waals surface area contributed by atoms with Gasteiger partial charge in [-0.25, -0.2) is 4.98 Å². The molecule has 4 heterocycles. The molecule has 0 spiro atoms. The number of carbonyl (C=O) groups excluding carboxylic acids is 1. The number of hydrogen-bond acceptors (Lipinski definition) is 4. The summed E-state index contributed by atoms with van der Waals surface area (Å²) in [5.74, 6) is 0.815. The number of aromatic nitrogens is 2. The smallest absolute Gasteiger partial charge is 0.287 e. The SMILES string of the molecule is O=C(NCc1ccn2ccnc2c1)c1ccc(C2=CC=NCC2)o1. The Kier molecular flexibility index (Phi) is 3.70. The molecule has 1 amide bonds. The number of pyridine rings is 1. The molecule has 0 saturated heterocycles. The molecule has 1 aliphatic rings. The van der Waals surface area contributed by atoms with Gasteiger partial charge in [0.1, 0.15) is 11.4 Å². The fourth-order valence-electron chi connectivity index (χ4n) is 2.66. The van der Waals surface area contributed by atoms with Crippen molar-refractivity contribution in [1.82, 2.24) is 14.7 Å². The summed E-state index contributed by atoms with van der Waals surface area (Å²) in [7, 11) is 0. The van der Waals surface area contributed by atoms with Crippen molar-refractivity contribution in [1.29, 1.82) is 0 Å². The third kappa shape index (κ3) is 2.86. The van der Waals surface area contributed by atoms with Gasteiger partial charge in [-0.1, -0.05) is 0 Å². The number of nitrogens with zero attached hydrogens (tertiary/aromatic N) is 3. The van der Waals surface area contributed by atoms with Crippen LogP contribution in [-0.4, -0.2) is 28.1 Å². The largest absolute Gasteiger partial charge is 0.451 e. The van der Waals surface area contributed by atoms with Gasteiger partial charge in [-0.2, -0.15) is 0 Å². The van der Waals surface area contributed by atoms with E-state index in [1.54, 1.807) is 18.5 Å². The van der Waals surface area contributed by atoms with Gasteiger partial charge in [0.15, 0.2) is 5.76 Å². The Morgan fingerprint density at radius 1 is 1.29 bits per heavy atom. The van der Waals surface area contributed by atoms with E-state index in [-0.39, 0.29) is 5.91 Å². The number of fused-ring (bicyclic) bond motifs is 1. The summed E-state index contributed by atoms with van der Waals surface area (Å²) in [5, 5.41) is 2.87. The second kappa shape index (κ2) is 6.16. The lowest BCUT2D eigenvalue weighted by atomic mass is 10.1. The molecule has 6 nitrogen and oxygen atoms in total. The lowest BCUT2D eigenvalue weighted by Gasteiger charge is -2.06. The predicted octanol–water partition coefficient (Wildman–Crippen LogP) is 2.72. The van der Waals surface area contributed by atoms with E-state index in [4.69, 9.17) is 4.42 Å². The van der Waals surface area contributed by atoms with Crippen LogP contribution in [0.5, 0.6) is 0 Å². The zero-order valence-corrected chi connectivity index (χ0v) is 13.0. The molecule has 0 radical (unpaired) electrons. The standard InChI is InChI=1S/C18H16N4O2/c23-18(16-2-1-15(24-16)14-3-6-19-7-4-14)21-12-13-5-9-22-10-8-20-17(22)11-13/h1-3,5-6,8-11H,4,7,12H2,(H,21,23). The molecule has 0 unspecified atom stereocenters. The van der Waals surface area contributed by atoms with Crippen molar-refractivity contribution >= 4 is 23.3 Å². The number of nitrogens with one attached hydrogen (secondary N) is 1. The van der Waals surface area contributed by atoms with Crippen molar-refractivity contribution < 1.29 is 9.21 Å². The van der Waals surface area contributed by atoms with Gasteiger partial charge in [0, 0.05) is 37.9 Å². The third-order valence-corrected chi connectivity index (χ3v) is 3.95. The summed E-state index contributed by atoms with van der Waals surface area (Å²) in [6.45, 7) is 1.18. The average Bonchev–Trinajstić information content (AvgIpc) is 3.29. The average molecular weight is 320 g/mol. The van der Waals surface area contributed by atoms with Crippen molar-refractivity contribution in [3.63, 3.8) is 0 Å².